The third-order valence-corrected chi connectivity index (χ3v) is 5.17. The van der Waals surface area contributed by atoms with Gasteiger partial charge in [-0.25, -0.2) is 0 Å². The Morgan fingerprint density at radius 2 is 1.80 bits per heavy atom. The summed E-state index contributed by atoms with van der Waals surface area (Å²) in [5.74, 6) is 0.719. The van der Waals surface area contributed by atoms with Crippen molar-refractivity contribution in [2.45, 2.75) is 32.7 Å². The first-order valence-electron chi connectivity index (χ1n) is 6.91. The SMILES string of the molecule is CC(C)(C)NCC1CCN(c2c(Br)cc(Br)cc2Br)C1. The number of halogens is 3. The van der Waals surface area contributed by atoms with Crippen molar-refractivity contribution in [1.29, 1.82) is 0 Å². The Morgan fingerprint density at radius 3 is 2.35 bits per heavy atom. The van der Waals surface area contributed by atoms with Gasteiger partial charge in [0.15, 0.2) is 0 Å². The smallest absolute Gasteiger partial charge is 0.0655 e. The molecule has 0 bridgehead atoms. The molecule has 112 valence electrons. The van der Waals surface area contributed by atoms with Gasteiger partial charge in [0.05, 0.1) is 5.69 Å². The Hall–Kier alpha value is 0.420. The fourth-order valence-electron chi connectivity index (χ4n) is 2.49. The number of nitrogens with zero attached hydrogens (tertiary/aromatic N) is 1. The molecule has 5 heteroatoms. The van der Waals surface area contributed by atoms with Crippen molar-refractivity contribution in [3.63, 3.8) is 0 Å². The molecule has 1 aromatic rings. The average molecular weight is 469 g/mol. The third-order valence-electron chi connectivity index (χ3n) is 3.50. The summed E-state index contributed by atoms with van der Waals surface area (Å²) in [6.45, 7) is 9.99. The molecule has 0 amide bonds. The molecule has 2 nitrogen and oxygen atoms in total. The maximum absolute atomic E-state index is 3.68. The number of hydrogen-bond donors (Lipinski definition) is 1. The van der Waals surface area contributed by atoms with E-state index in [1.54, 1.807) is 0 Å². The summed E-state index contributed by atoms with van der Waals surface area (Å²) in [4.78, 5) is 2.47. The first-order valence-corrected chi connectivity index (χ1v) is 9.29. The van der Waals surface area contributed by atoms with Crippen LogP contribution < -0.4 is 10.2 Å². The summed E-state index contributed by atoms with van der Waals surface area (Å²) in [6, 6.07) is 4.22. The van der Waals surface area contributed by atoms with Gasteiger partial charge in [-0.1, -0.05) is 15.9 Å². The highest BCUT2D eigenvalue weighted by Crippen LogP contribution is 2.39. The van der Waals surface area contributed by atoms with Crippen LogP contribution in [0.15, 0.2) is 25.6 Å². The predicted molar refractivity (Wildman–Crippen MR) is 97.6 cm³/mol. The third kappa shape index (κ3) is 4.46. The summed E-state index contributed by atoms with van der Waals surface area (Å²) >= 11 is 10.9. The second-order valence-corrected chi connectivity index (χ2v) is 9.07. The normalized spacial score (nSPS) is 19.7. The molecule has 0 saturated carbocycles. The minimum absolute atomic E-state index is 0.201. The van der Waals surface area contributed by atoms with E-state index in [1.165, 1.54) is 12.1 Å². The number of hydrogen-bond acceptors (Lipinski definition) is 2. The Morgan fingerprint density at radius 1 is 1.20 bits per heavy atom. The fourth-order valence-corrected chi connectivity index (χ4v) is 5.25. The van der Waals surface area contributed by atoms with Gasteiger partial charge in [0, 0.05) is 38.6 Å². The highest BCUT2D eigenvalue weighted by molar-refractivity contribution is 9.11. The van der Waals surface area contributed by atoms with Gasteiger partial charge in [0.1, 0.15) is 0 Å². The largest absolute Gasteiger partial charge is 0.369 e. The molecule has 1 aliphatic rings. The zero-order chi connectivity index (χ0) is 14.9. The van der Waals surface area contributed by atoms with Crippen molar-refractivity contribution in [2.24, 2.45) is 5.92 Å². The van der Waals surface area contributed by atoms with Crippen molar-refractivity contribution in [3.05, 3.63) is 25.6 Å². The van der Waals surface area contributed by atoms with E-state index in [0.29, 0.717) is 0 Å². The minimum Gasteiger partial charge on any atom is -0.369 e. The van der Waals surface area contributed by atoms with E-state index in [1.807, 2.05) is 0 Å². The van der Waals surface area contributed by atoms with Gasteiger partial charge in [0.2, 0.25) is 0 Å². The molecule has 2 rings (SSSR count). The number of rotatable bonds is 3. The van der Waals surface area contributed by atoms with E-state index in [-0.39, 0.29) is 5.54 Å². The molecule has 1 atom stereocenters. The zero-order valence-corrected chi connectivity index (χ0v) is 16.9. The van der Waals surface area contributed by atoms with Crippen molar-refractivity contribution in [3.8, 4) is 0 Å². The lowest BCUT2D eigenvalue weighted by molar-refractivity contribution is 0.383. The Kier molecular flexibility index (Phi) is 5.60. The van der Waals surface area contributed by atoms with Gasteiger partial charge in [-0.05, 0) is 77.1 Å². The molecule has 0 radical (unpaired) electrons. The van der Waals surface area contributed by atoms with Crippen LogP contribution in [0, 0.1) is 5.92 Å². The highest BCUT2D eigenvalue weighted by Gasteiger charge is 2.26. The molecular formula is C15H21Br3N2. The Balaban J connectivity index is 2.03. The van der Waals surface area contributed by atoms with Crippen LogP contribution in [0.4, 0.5) is 5.69 Å². The average Bonchev–Trinajstić information content (AvgIpc) is 2.72. The minimum atomic E-state index is 0.201. The summed E-state index contributed by atoms with van der Waals surface area (Å²) in [5.41, 5.74) is 1.47. The van der Waals surface area contributed by atoms with Crippen LogP contribution in [-0.4, -0.2) is 25.2 Å². The van der Waals surface area contributed by atoms with Crippen LogP contribution in [0.3, 0.4) is 0 Å². The molecule has 1 saturated heterocycles. The topological polar surface area (TPSA) is 15.3 Å². The molecule has 1 aliphatic heterocycles. The summed E-state index contributed by atoms with van der Waals surface area (Å²) in [6.07, 6.45) is 1.25. The molecule has 0 spiro atoms. The monoisotopic (exact) mass is 466 g/mol. The van der Waals surface area contributed by atoms with Gasteiger partial charge in [-0.2, -0.15) is 0 Å². The highest BCUT2D eigenvalue weighted by atomic mass is 79.9. The summed E-state index contributed by atoms with van der Waals surface area (Å²) in [7, 11) is 0. The van der Waals surface area contributed by atoms with Crippen molar-refractivity contribution in [1.82, 2.24) is 5.32 Å². The number of nitrogens with one attached hydrogen (secondary N) is 1. The summed E-state index contributed by atoms with van der Waals surface area (Å²) in [5, 5.41) is 3.62. The molecule has 1 aromatic carbocycles. The lowest BCUT2D eigenvalue weighted by Gasteiger charge is -2.25. The molecular weight excluding hydrogens is 448 g/mol. The van der Waals surface area contributed by atoms with Crippen LogP contribution in [0.1, 0.15) is 27.2 Å². The van der Waals surface area contributed by atoms with E-state index >= 15 is 0 Å². The molecule has 0 aliphatic carbocycles. The predicted octanol–water partition coefficient (Wildman–Crippen LogP) is 5.19. The second kappa shape index (κ2) is 6.67. The van der Waals surface area contributed by atoms with Crippen molar-refractivity contribution < 1.29 is 0 Å². The standard InChI is InChI=1S/C15H21Br3N2/c1-15(2,3)19-8-10-4-5-20(9-10)14-12(17)6-11(16)7-13(14)18/h6-7,10,19H,4-5,8-9H2,1-3H3. The van der Waals surface area contributed by atoms with Crippen molar-refractivity contribution in [2.75, 3.05) is 24.5 Å². The van der Waals surface area contributed by atoms with E-state index < -0.39 is 0 Å². The van der Waals surface area contributed by atoms with Gasteiger partial charge in [-0.3, -0.25) is 0 Å². The molecule has 1 N–H and O–H groups in total. The molecule has 1 unspecified atom stereocenters. The summed E-state index contributed by atoms with van der Waals surface area (Å²) < 4.78 is 3.37. The van der Waals surface area contributed by atoms with Gasteiger partial charge in [-0.15, -0.1) is 0 Å². The van der Waals surface area contributed by atoms with Crippen LogP contribution in [-0.2, 0) is 0 Å². The van der Waals surface area contributed by atoms with Crippen LogP contribution in [0.5, 0.6) is 0 Å². The molecule has 20 heavy (non-hydrogen) atoms. The number of benzene rings is 1. The van der Waals surface area contributed by atoms with E-state index in [4.69, 9.17) is 0 Å². The number of anilines is 1. The van der Waals surface area contributed by atoms with E-state index in [0.717, 1.165) is 39.0 Å². The van der Waals surface area contributed by atoms with Crippen LogP contribution in [0.25, 0.3) is 0 Å². The lowest BCUT2D eigenvalue weighted by atomic mass is 10.1. The van der Waals surface area contributed by atoms with E-state index in [2.05, 4.69) is 90.9 Å². The van der Waals surface area contributed by atoms with Gasteiger partial charge in [0.25, 0.3) is 0 Å². The molecule has 1 heterocycles. The molecule has 1 fully saturated rings. The quantitative estimate of drug-likeness (QED) is 0.656. The first-order chi connectivity index (χ1) is 9.26. The van der Waals surface area contributed by atoms with E-state index in [9.17, 15) is 0 Å². The zero-order valence-electron chi connectivity index (χ0n) is 12.1. The lowest BCUT2D eigenvalue weighted by Crippen LogP contribution is -2.39. The second-order valence-electron chi connectivity index (χ2n) is 6.45. The maximum Gasteiger partial charge on any atom is 0.0655 e. The fraction of sp³-hybridized carbons (Fsp3) is 0.600. The van der Waals surface area contributed by atoms with Gasteiger partial charge >= 0.3 is 0 Å². The Bertz CT molecular complexity index is 459. The maximum atomic E-state index is 3.68. The Labute approximate surface area is 147 Å². The van der Waals surface area contributed by atoms with Crippen LogP contribution in [0.2, 0.25) is 0 Å². The van der Waals surface area contributed by atoms with Crippen LogP contribution >= 0.6 is 47.8 Å². The van der Waals surface area contributed by atoms with Crippen molar-refractivity contribution >= 4 is 53.5 Å². The van der Waals surface area contributed by atoms with Gasteiger partial charge < -0.3 is 10.2 Å². The molecule has 0 aromatic heterocycles. The first kappa shape index (κ1) is 16.8.